The summed E-state index contributed by atoms with van der Waals surface area (Å²) in [6.07, 6.45) is 0. The normalized spacial score (nSPS) is 9.28. The van der Waals surface area contributed by atoms with Crippen LogP contribution in [0.2, 0.25) is 10.0 Å². The SMILES string of the molecule is C=C(C)c1ccc2ccccc2c1.C[CH2][Zn][CH2]C. The van der Waals surface area contributed by atoms with E-state index in [-0.39, 0.29) is 17.1 Å². The van der Waals surface area contributed by atoms with Crippen molar-refractivity contribution >= 4 is 16.3 Å². The van der Waals surface area contributed by atoms with Crippen molar-refractivity contribution in [1.82, 2.24) is 0 Å². The average molecular weight is 292 g/mol. The minimum absolute atomic E-state index is 0.0972. The summed E-state index contributed by atoms with van der Waals surface area (Å²) in [6.45, 7) is 10.6. The summed E-state index contributed by atoms with van der Waals surface area (Å²) < 4.78 is 0. The summed E-state index contributed by atoms with van der Waals surface area (Å²) in [5, 5.41) is 5.63. The summed E-state index contributed by atoms with van der Waals surface area (Å²) in [6, 6.07) is 14.8. The number of hydrogen-bond acceptors (Lipinski definition) is 0. The van der Waals surface area contributed by atoms with Gasteiger partial charge in [0.2, 0.25) is 0 Å². The van der Waals surface area contributed by atoms with Crippen molar-refractivity contribution in [2.75, 3.05) is 0 Å². The monoisotopic (exact) mass is 290 g/mol. The van der Waals surface area contributed by atoms with E-state index in [1.165, 1.54) is 26.4 Å². The molecule has 0 fully saturated rings. The van der Waals surface area contributed by atoms with Crippen LogP contribution in [-0.2, 0) is 17.1 Å². The quantitative estimate of drug-likeness (QED) is 0.625. The van der Waals surface area contributed by atoms with E-state index < -0.39 is 0 Å². The molecular weight excluding hydrogens is 270 g/mol. The second kappa shape index (κ2) is 8.22. The average Bonchev–Trinajstić information content (AvgIpc) is 2.40. The Hall–Kier alpha value is -0.937. The van der Waals surface area contributed by atoms with E-state index in [2.05, 4.69) is 62.9 Å². The molecule has 0 saturated heterocycles. The third-order valence-corrected chi connectivity index (χ3v) is 5.92. The molecule has 0 amide bonds. The van der Waals surface area contributed by atoms with E-state index in [9.17, 15) is 0 Å². The fraction of sp³-hybridized carbons (Fsp3) is 0.294. The van der Waals surface area contributed by atoms with Gasteiger partial charge < -0.3 is 0 Å². The third-order valence-electron chi connectivity index (χ3n) is 2.95. The summed E-state index contributed by atoms with van der Waals surface area (Å²) in [4.78, 5) is 0. The molecule has 0 aliphatic rings. The summed E-state index contributed by atoms with van der Waals surface area (Å²) in [5.41, 5.74) is 2.34. The molecule has 0 N–H and O–H groups in total. The van der Waals surface area contributed by atoms with Crippen LogP contribution in [0.3, 0.4) is 0 Å². The third kappa shape index (κ3) is 4.74. The van der Waals surface area contributed by atoms with Crippen molar-refractivity contribution < 1.29 is 17.1 Å². The van der Waals surface area contributed by atoms with Gasteiger partial charge in [-0.3, -0.25) is 0 Å². The molecule has 0 aromatic heterocycles. The molecule has 0 spiro atoms. The first-order valence-corrected chi connectivity index (χ1v) is 11.0. The Labute approximate surface area is 119 Å². The minimum atomic E-state index is 0.0972. The van der Waals surface area contributed by atoms with Gasteiger partial charge in [0, 0.05) is 0 Å². The van der Waals surface area contributed by atoms with Crippen LogP contribution in [0.1, 0.15) is 26.3 Å². The number of benzene rings is 2. The van der Waals surface area contributed by atoms with Gasteiger partial charge >= 0.3 is 41.0 Å². The van der Waals surface area contributed by atoms with E-state index in [4.69, 9.17) is 0 Å². The zero-order chi connectivity index (χ0) is 13.4. The molecule has 1 heteroatoms. The first-order chi connectivity index (χ1) is 8.69. The van der Waals surface area contributed by atoms with Gasteiger partial charge in [-0.2, -0.15) is 0 Å². The van der Waals surface area contributed by atoms with Gasteiger partial charge in [-0.05, 0) is 29.3 Å². The molecule has 0 nitrogen and oxygen atoms in total. The molecule has 0 aliphatic carbocycles. The molecule has 2 rings (SSSR count). The Balaban J connectivity index is 0.000000280. The predicted octanol–water partition coefficient (Wildman–Crippen LogP) is 5.82. The van der Waals surface area contributed by atoms with E-state index in [0.29, 0.717) is 0 Å². The molecule has 0 saturated carbocycles. The maximum absolute atomic E-state index is 3.93. The first kappa shape index (κ1) is 15.1. The molecule has 2 aromatic rings. The number of hydrogen-bond donors (Lipinski definition) is 0. The van der Waals surface area contributed by atoms with Gasteiger partial charge in [0.15, 0.2) is 0 Å². The molecule has 92 valence electrons. The number of rotatable bonds is 3. The molecule has 0 radical (unpaired) electrons. The van der Waals surface area contributed by atoms with Crippen LogP contribution in [0.15, 0.2) is 49.0 Å². The number of allylic oxidation sites excluding steroid dienone is 1. The predicted molar refractivity (Wildman–Crippen MR) is 79.6 cm³/mol. The van der Waals surface area contributed by atoms with Gasteiger partial charge in [0.05, 0.1) is 0 Å². The summed E-state index contributed by atoms with van der Waals surface area (Å²) in [7, 11) is 0. The van der Waals surface area contributed by atoms with Crippen LogP contribution >= 0.6 is 0 Å². The maximum atomic E-state index is 3.93. The molecule has 0 bridgehead atoms. The van der Waals surface area contributed by atoms with E-state index in [1.54, 1.807) is 0 Å². The van der Waals surface area contributed by atoms with Gasteiger partial charge in [0.25, 0.3) is 0 Å². The number of fused-ring (bicyclic) bond motifs is 1. The van der Waals surface area contributed by atoms with E-state index >= 15 is 0 Å². The van der Waals surface area contributed by atoms with Crippen molar-refractivity contribution in [3.05, 3.63) is 54.6 Å². The van der Waals surface area contributed by atoms with Gasteiger partial charge in [-0.25, -0.2) is 0 Å². The second-order valence-electron chi connectivity index (χ2n) is 4.70. The van der Waals surface area contributed by atoms with E-state index in [1.807, 2.05) is 6.92 Å². The molecule has 0 aliphatic heterocycles. The fourth-order valence-electron chi connectivity index (χ4n) is 1.81. The van der Waals surface area contributed by atoms with Crippen LogP contribution in [0.5, 0.6) is 0 Å². The molecule has 18 heavy (non-hydrogen) atoms. The Bertz CT molecular complexity index is 498. The zero-order valence-corrected chi connectivity index (χ0v) is 14.8. The molecule has 0 atom stereocenters. The summed E-state index contributed by atoms with van der Waals surface area (Å²) in [5.74, 6) is 0. The molecule has 0 heterocycles. The van der Waals surface area contributed by atoms with Crippen LogP contribution in [0, 0.1) is 0 Å². The van der Waals surface area contributed by atoms with Gasteiger partial charge in [-0.1, -0.05) is 48.6 Å². The first-order valence-electron chi connectivity index (χ1n) is 6.83. The second-order valence-corrected chi connectivity index (χ2v) is 10.4. The Morgan fingerprint density at radius 2 is 1.61 bits per heavy atom. The van der Waals surface area contributed by atoms with Gasteiger partial charge in [-0.15, -0.1) is 0 Å². The Morgan fingerprint density at radius 1 is 1.00 bits per heavy atom. The fourth-order valence-corrected chi connectivity index (χ4v) is 3.29. The zero-order valence-electron chi connectivity index (χ0n) is 11.9. The van der Waals surface area contributed by atoms with Crippen molar-refractivity contribution in [3.63, 3.8) is 0 Å². The molecular formula is C17H22Zn. The van der Waals surface area contributed by atoms with Crippen LogP contribution in [-0.4, -0.2) is 0 Å². The summed E-state index contributed by atoms with van der Waals surface area (Å²) >= 11 is 0.0972. The van der Waals surface area contributed by atoms with Crippen molar-refractivity contribution in [2.45, 2.75) is 30.8 Å². The topological polar surface area (TPSA) is 0 Å². The van der Waals surface area contributed by atoms with Crippen molar-refractivity contribution in [2.24, 2.45) is 0 Å². The van der Waals surface area contributed by atoms with Crippen molar-refractivity contribution in [3.8, 4) is 0 Å². The van der Waals surface area contributed by atoms with E-state index in [0.717, 1.165) is 5.57 Å². The molecule has 2 aromatic carbocycles. The van der Waals surface area contributed by atoms with Gasteiger partial charge in [0.1, 0.15) is 0 Å². The Morgan fingerprint density at radius 3 is 2.11 bits per heavy atom. The van der Waals surface area contributed by atoms with Crippen LogP contribution < -0.4 is 0 Å². The Kier molecular flexibility index (Phi) is 6.90. The molecule has 0 unspecified atom stereocenters. The van der Waals surface area contributed by atoms with Crippen LogP contribution in [0.4, 0.5) is 0 Å². The van der Waals surface area contributed by atoms with Crippen molar-refractivity contribution in [1.29, 1.82) is 0 Å². The van der Waals surface area contributed by atoms with Crippen LogP contribution in [0.25, 0.3) is 16.3 Å². The standard InChI is InChI=1S/C13H12.2C2H5.Zn/c1-10(2)12-8-7-11-5-3-4-6-13(11)9-12;2*1-2;/h3-9H,1H2,2H3;2*1H2,2H3;.